The Bertz CT molecular complexity index is 364. The van der Waals surface area contributed by atoms with Gasteiger partial charge in [0.15, 0.2) is 0 Å². The summed E-state index contributed by atoms with van der Waals surface area (Å²) >= 11 is 0. The van der Waals surface area contributed by atoms with Crippen molar-refractivity contribution in [1.82, 2.24) is 0 Å². The van der Waals surface area contributed by atoms with Crippen molar-refractivity contribution in [2.24, 2.45) is 5.92 Å². The Hall–Kier alpha value is -1.37. The topological polar surface area (TPSA) is 17.1 Å². The third-order valence-electron chi connectivity index (χ3n) is 3.18. The summed E-state index contributed by atoms with van der Waals surface area (Å²) in [5.74, 6) is 0.874. The second kappa shape index (κ2) is 4.43. The highest BCUT2D eigenvalue weighted by molar-refractivity contribution is 5.79. The van der Waals surface area contributed by atoms with Crippen LogP contribution < -0.4 is 0 Å². The van der Waals surface area contributed by atoms with Crippen LogP contribution in [0.2, 0.25) is 0 Å². The van der Waals surface area contributed by atoms with Gasteiger partial charge in [0.1, 0.15) is 5.78 Å². The predicted molar refractivity (Wildman–Crippen MR) is 61.7 cm³/mol. The summed E-state index contributed by atoms with van der Waals surface area (Å²) in [7, 11) is 0. The molecule has 2 atom stereocenters. The molecule has 1 aliphatic carbocycles. The predicted octanol–water partition coefficient (Wildman–Crippen LogP) is 3.33. The van der Waals surface area contributed by atoms with Crippen LogP contribution in [0.15, 0.2) is 42.5 Å². The minimum atomic E-state index is 0.178. The molecule has 0 heterocycles. The molecule has 15 heavy (non-hydrogen) atoms. The third-order valence-corrected chi connectivity index (χ3v) is 3.18. The van der Waals surface area contributed by atoms with Crippen molar-refractivity contribution in [2.75, 3.05) is 0 Å². The summed E-state index contributed by atoms with van der Waals surface area (Å²) < 4.78 is 0. The Balaban J connectivity index is 2.27. The first-order valence-electron chi connectivity index (χ1n) is 5.49. The van der Waals surface area contributed by atoms with Crippen LogP contribution >= 0.6 is 0 Å². The molecule has 1 heteroatoms. The zero-order valence-electron chi connectivity index (χ0n) is 9.02. The number of ketones is 1. The zero-order chi connectivity index (χ0) is 10.7. The van der Waals surface area contributed by atoms with E-state index < -0.39 is 0 Å². The van der Waals surface area contributed by atoms with E-state index in [1.165, 1.54) is 5.56 Å². The van der Waals surface area contributed by atoms with Crippen LogP contribution in [0.4, 0.5) is 0 Å². The first kappa shape index (κ1) is 10.2. The average molecular weight is 200 g/mol. The summed E-state index contributed by atoms with van der Waals surface area (Å²) in [6, 6.07) is 10.4. The molecule has 78 valence electrons. The molecule has 1 aromatic carbocycles. The second-order valence-corrected chi connectivity index (χ2v) is 4.18. The van der Waals surface area contributed by atoms with Crippen molar-refractivity contribution in [3.05, 3.63) is 48.0 Å². The van der Waals surface area contributed by atoms with Gasteiger partial charge in [-0.1, -0.05) is 42.5 Å². The molecule has 0 fully saturated rings. The number of allylic oxidation sites excluding steroid dienone is 2. The maximum absolute atomic E-state index is 11.5. The summed E-state index contributed by atoms with van der Waals surface area (Å²) in [4.78, 5) is 11.5. The zero-order valence-corrected chi connectivity index (χ0v) is 9.02. The molecule has 0 N–H and O–H groups in total. The molecule has 0 saturated heterocycles. The highest BCUT2D eigenvalue weighted by atomic mass is 16.1. The number of carbonyl (C=O) groups excluding carboxylic acids is 1. The van der Waals surface area contributed by atoms with Crippen molar-refractivity contribution >= 4 is 5.78 Å². The van der Waals surface area contributed by atoms with Gasteiger partial charge in [-0.15, -0.1) is 0 Å². The van der Waals surface area contributed by atoms with E-state index in [2.05, 4.69) is 24.3 Å². The summed E-state index contributed by atoms with van der Waals surface area (Å²) in [5.41, 5.74) is 1.29. The smallest absolute Gasteiger partial charge is 0.133 e. The minimum absolute atomic E-state index is 0.178. The molecule has 1 aromatic rings. The van der Waals surface area contributed by atoms with Crippen molar-refractivity contribution < 1.29 is 4.79 Å². The lowest BCUT2D eigenvalue weighted by Gasteiger charge is -2.26. The second-order valence-electron chi connectivity index (χ2n) is 4.18. The Morgan fingerprint density at radius 1 is 1.13 bits per heavy atom. The van der Waals surface area contributed by atoms with Gasteiger partial charge in [0.05, 0.1) is 0 Å². The molecule has 0 amide bonds. The lowest BCUT2D eigenvalue weighted by molar-refractivity contribution is -0.121. The van der Waals surface area contributed by atoms with Gasteiger partial charge < -0.3 is 0 Å². The monoisotopic (exact) mass is 200 g/mol. The average Bonchev–Trinajstić information content (AvgIpc) is 2.30. The van der Waals surface area contributed by atoms with Crippen molar-refractivity contribution in [2.45, 2.75) is 25.7 Å². The summed E-state index contributed by atoms with van der Waals surface area (Å²) in [5, 5.41) is 0. The van der Waals surface area contributed by atoms with E-state index in [0.717, 1.165) is 12.8 Å². The van der Waals surface area contributed by atoms with Gasteiger partial charge in [-0.05, 0) is 31.2 Å². The first-order valence-corrected chi connectivity index (χ1v) is 5.49. The fraction of sp³-hybridized carbons (Fsp3) is 0.357. The fourth-order valence-electron chi connectivity index (χ4n) is 2.33. The number of hydrogen-bond donors (Lipinski definition) is 0. The lowest BCUT2D eigenvalue weighted by atomic mass is 9.77. The van der Waals surface area contributed by atoms with E-state index in [1.807, 2.05) is 18.2 Å². The van der Waals surface area contributed by atoms with E-state index in [0.29, 0.717) is 11.7 Å². The van der Waals surface area contributed by atoms with Crippen molar-refractivity contribution in [3.8, 4) is 0 Å². The number of benzene rings is 1. The normalized spacial score (nSPS) is 25.1. The molecular weight excluding hydrogens is 184 g/mol. The summed E-state index contributed by atoms with van der Waals surface area (Å²) in [6.45, 7) is 1.71. The maximum Gasteiger partial charge on any atom is 0.133 e. The quantitative estimate of drug-likeness (QED) is 0.669. The molecule has 1 aliphatic rings. The maximum atomic E-state index is 11.5. The van der Waals surface area contributed by atoms with Crippen LogP contribution in [-0.2, 0) is 4.79 Å². The van der Waals surface area contributed by atoms with Crippen LogP contribution in [0.3, 0.4) is 0 Å². The molecule has 0 saturated carbocycles. The van der Waals surface area contributed by atoms with Crippen LogP contribution in [0, 0.1) is 5.92 Å². The number of rotatable bonds is 2. The molecule has 0 radical (unpaired) electrons. The van der Waals surface area contributed by atoms with Crippen molar-refractivity contribution in [1.29, 1.82) is 0 Å². The van der Waals surface area contributed by atoms with Crippen LogP contribution in [0.25, 0.3) is 0 Å². The van der Waals surface area contributed by atoms with Gasteiger partial charge in [-0.3, -0.25) is 4.79 Å². The van der Waals surface area contributed by atoms with E-state index in [4.69, 9.17) is 0 Å². The highest BCUT2D eigenvalue weighted by Crippen LogP contribution is 2.34. The lowest BCUT2D eigenvalue weighted by Crippen LogP contribution is -2.21. The molecule has 1 unspecified atom stereocenters. The minimum Gasteiger partial charge on any atom is -0.300 e. The fourth-order valence-corrected chi connectivity index (χ4v) is 2.33. The van der Waals surface area contributed by atoms with Crippen molar-refractivity contribution in [3.63, 3.8) is 0 Å². The van der Waals surface area contributed by atoms with Gasteiger partial charge in [-0.25, -0.2) is 0 Å². The Morgan fingerprint density at radius 2 is 1.80 bits per heavy atom. The van der Waals surface area contributed by atoms with Gasteiger partial charge in [0.25, 0.3) is 0 Å². The third kappa shape index (κ3) is 2.17. The molecule has 0 bridgehead atoms. The van der Waals surface area contributed by atoms with Crippen LogP contribution in [-0.4, -0.2) is 5.78 Å². The molecular formula is C14H16O. The molecule has 0 aliphatic heterocycles. The van der Waals surface area contributed by atoms with Gasteiger partial charge in [0.2, 0.25) is 0 Å². The SMILES string of the molecule is CC(=O)C1CC=CC[C@@H]1c1ccccc1. The standard InChI is InChI=1S/C14H16O/c1-11(15)13-9-5-6-10-14(13)12-7-3-2-4-8-12/h2-8,13-14H,9-10H2,1H3/t13?,14-/m1/s1. The van der Waals surface area contributed by atoms with E-state index in [-0.39, 0.29) is 5.92 Å². The van der Waals surface area contributed by atoms with E-state index in [9.17, 15) is 4.79 Å². The molecule has 1 nitrogen and oxygen atoms in total. The van der Waals surface area contributed by atoms with Crippen LogP contribution in [0.1, 0.15) is 31.2 Å². The Labute approximate surface area is 90.8 Å². The van der Waals surface area contributed by atoms with Gasteiger partial charge >= 0.3 is 0 Å². The number of Topliss-reactive ketones (excluding diaryl/α,β-unsaturated/α-hetero) is 1. The molecule has 2 rings (SSSR count). The van der Waals surface area contributed by atoms with Crippen LogP contribution in [0.5, 0.6) is 0 Å². The van der Waals surface area contributed by atoms with E-state index in [1.54, 1.807) is 6.92 Å². The first-order chi connectivity index (χ1) is 7.29. The Kier molecular flexibility index (Phi) is 3.00. The van der Waals surface area contributed by atoms with Gasteiger partial charge in [0, 0.05) is 5.92 Å². The largest absolute Gasteiger partial charge is 0.300 e. The number of carbonyl (C=O) groups is 1. The van der Waals surface area contributed by atoms with E-state index >= 15 is 0 Å². The Morgan fingerprint density at radius 3 is 2.47 bits per heavy atom. The molecule has 0 spiro atoms. The number of hydrogen-bond acceptors (Lipinski definition) is 1. The molecule has 0 aromatic heterocycles. The highest BCUT2D eigenvalue weighted by Gasteiger charge is 2.26. The van der Waals surface area contributed by atoms with Gasteiger partial charge in [-0.2, -0.15) is 0 Å². The summed E-state index contributed by atoms with van der Waals surface area (Å²) in [6.07, 6.45) is 6.21.